The molecule has 0 unspecified atom stereocenters. The number of rotatable bonds is 7. The van der Waals surface area contributed by atoms with Gasteiger partial charge in [0.15, 0.2) is 5.65 Å². The van der Waals surface area contributed by atoms with Crippen LogP contribution in [-0.4, -0.2) is 82.8 Å². The maximum absolute atomic E-state index is 13.2. The molecule has 0 bridgehead atoms. The van der Waals surface area contributed by atoms with E-state index in [1.807, 2.05) is 25.2 Å². The van der Waals surface area contributed by atoms with Crippen LogP contribution in [0.3, 0.4) is 0 Å². The molecule has 0 spiro atoms. The van der Waals surface area contributed by atoms with Crippen LogP contribution in [0.25, 0.3) is 27.9 Å². The number of methoxy groups -OCH3 is 2. The van der Waals surface area contributed by atoms with Crippen LogP contribution in [-0.2, 0) is 14.2 Å². The van der Waals surface area contributed by atoms with Gasteiger partial charge in [-0.05, 0) is 31.4 Å². The van der Waals surface area contributed by atoms with E-state index < -0.39 is 0 Å². The molecule has 1 amide bonds. The Morgan fingerprint density at radius 3 is 2.78 bits per heavy atom. The van der Waals surface area contributed by atoms with Gasteiger partial charge in [0.25, 0.3) is 5.91 Å². The first-order valence-corrected chi connectivity index (χ1v) is 12.6. The molecule has 0 radical (unpaired) electrons. The molecule has 11 nitrogen and oxygen atoms in total. The van der Waals surface area contributed by atoms with Crippen molar-refractivity contribution < 1.29 is 19.0 Å². The number of nitrogens with zero attached hydrogens (tertiary/aromatic N) is 5. The summed E-state index contributed by atoms with van der Waals surface area (Å²) in [5.41, 5.74) is 3.42. The molecule has 37 heavy (non-hydrogen) atoms. The van der Waals surface area contributed by atoms with Gasteiger partial charge in [0.2, 0.25) is 0 Å². The molecule has 1 aliphatic heterocycles. The Bertz CT molecular complexity index is 1450. The number of ether oxygens (including phenoxy) is 3. The highest BCUT2D eigenvalue weighted by Crippen LogP contribution is 2.35. The standard InChI is InChI=1S/C26H31N7O4/c1-27-23-11-19(30-25-16(12-29-33(23)25)26(34)31-18-6-7-21(18)35-2)17-13-32(24-15(17)5-4-9-28-24)20-8-10-37-14-22(20)36-3/h4-5,9,11-13,18,20-22,27H,6-8,10,14H2,1-3H3,(H,31,34)/t18-,20-,21-,22-/m0/s1. The lowest BCUT2D eigenvalue weighted by Gasteiger charge is -2.35. The van der Waals surface area contributed by atoms with Crippen molar-refractivity contribution in [2.45, 2.75) is 43.6 Å². The van der Waals surface area contributed by atoms with Gasteiger partial charge < -0.3 is 29.4 Å². The van der Waals surface area contributed by atoms with E-state index in [-0.39, 0.29) is 30.2 Å². The minimum absolute atomic E-state index is 0.00310. The Labute approximate surface area is 214 Å². The fourth-order valence-electron chi connectivity index (χ4n) is 5.39. The number of hydrogen-bond acceptors (Lipinski definition) is 8. The van der Waals surface area contributed by atoms with E-state index in [1.54, 1.807) is 31.1 Å². The maximum Gasteiger partial charge on any atom is 0.257 e. The van der Waals surface area contributed by atoms with Crippen LogP contribution in [0.2, 0.25) is 0 Å². The number of aromatic nitrogens is 5. The van der Waals surface area contributed by atoms with E-state index in [1.165, 1.54) is 0 Å². The molecule has 194 valence electrons. The van der Waals surface area contributed by atoms with E-state index in [9.17, 15) is 4.79 Å². The number of carbonyl (C=O) groups excluding carboxylic acids is 1. The summed E-state index contributed by atoms with van der Waals surface area (Å²) in [6.45, 7) is 1.20. The number of fused-ring (bicyclic) bond motifs is 2. The van der Waals surface area contributed by atoms with Gasteiger partial charge in [-0.3, -0.25) is 4.79 Å². The molecule has 1 saturated heterocycles. The molecule has 2 N–H and O–H groups in total. The number of amides is 1. The molecule has 0 aromatic carbocycles. The van der Waals surface area contributed by atoms with E-state index in [0.29, 0.717) is 24.4 Å². The summed E-state index contributed by atoms with van der Waals surface area (Å²) in [6.07, 6.45) is 8.08. The van der Waals surface area contributed by atoms with Gasteiger partial charge in [-0.15, -0.1) is 0 Å². The fourth-order valence-corrected chi connectivity index (χ4v) is 5.39. The fraction of sp³-hybridized carbons (Fsp3) is 0.462. The molecule has 1 aliphatic carbocycles. The zero-order valence-electron chi connectivity index (χ0n) is 21.2. The molecule has 4 atom stereocenters. The lowest BCUT2D eigenvalue weighted by Crippen LogP contribution is -2.51. The molecule has 11 heteroatoms. The van der Waals surface area contributed by atoms with Crippen molar-refractivity contribution in [3.63, 3.8) is 0 Å². The quantitative estimate of drug-likeness (QED) is 0.394. The topological polar surface area (TPSA) is 117 Å². The summed E-state index contributed by atoms with van der Waals surface area (Å²) in [5.74, 6) is 0.519. The Kier molecular flexibility index (Phi) is 6.27. The molecular formula is C26H31N7O4. The van der Waals surface area contributed by atoms with Crippen LogP contribution in [0.1, 0.15) is 35.7 Å². The highest BCUT2D eigenvalue weighted by Gasteiger charge is 2.33. The van der Waals surface area contributed by atoms with Crippen molar-refractivity contribution in [2.24, 2.45) is 0 Å². The van der Waals surface area contributed by atoms with Gasteiger partial charge >= 0.3 is 0 Å². The highest BCUT2D eigenvalue weighted by atomic mass is 16.5. The van der Waals surface area contributed by atoms with Crippen molar-refractivity contribution in [3.05, 3.63) is 42.4 Å². The Balaban J connectivity index is 1.45. The lowest BCUT2D eigenvalue weighted by atomic mass is 9.89. The first-order valence-electron chi connectivity index (χ1n) is 12.6. The summed E-state index contributed by atoms with van der Waals surface area (Å²) >= 11 is 0. The summed E-state index contributed by atoms with van der Waals surface area (Å²) < 4.78 is 20.7. The number of anilines is 1. The second kappa shape index (κ2) is 9.73. The normalized spacial score (nSPS) is 23.8. The molecule has 1 saturated carbocycles. The molecule has 6 rings (SSSR count). The van der Waals surface area contributed by atoms with Crippen LogP contribution in [0.15, 0.2) is 36.8 Å². The monoisotopic (exact) mass is 505 g/mol. The zero-order valence-corrected chi connectivity index (χ0v) is 21.2. The Morgan fingerprint density at radius 2 is 2.03 bits per heavy atom. The Morgan fingerprint density at radius 1 is 1.16 bits per heavy atom. The van der Waals surface area contributed by atoms with Crippen LogP contribution in [0.5, 0.6) is 0 Å². The molecule has 4 aromatic heterocycles. The van der Waals surface area contributed by atoms with Crippen LogP contribution in [0.4, 0.5) is 5.82 Å². The first kappa shape index (κ1) is 23.8. The van der Waals surface area contributed by atoms with Gasteiger partial charge in [-0.2, -0.15) is 9.61 Å². The average molecular weight is 506 g/mol. The summed E-state index contributed by atoms with van der Waals surface area (Å²) in [6, 6.07) is 6.00. The van der Waals surface area contributed by atoms with Crippen LogP contribution in [0, 0.1) is 0 Å². The van der Waals surface area contributed by atoms with Crippen molar-refractivity contribution in [1.29, 1.82) is 0 Å². The van der Waals surface area contributed by atoms with Crippen LogP contribution < -0.4 is 10.6 Å². The number of pyridine rings is 1. The summed E-state index contributed by atoms with van der Waals surface area (Å²) in [5, 5.41) is 11.7. The SMILES string of the molecule is CNc1cc(-c2cn([C@H]3CCOC[C@@H]3OC)c3ncccc23)nc2c(C(=O)N[C@H]3CC[C@@H]3OC)cnn12. The van der Waals surface area contributed by atoms with Crippen molar-refractivity contribution >= 4 is 28.4 Å². The van der Waals surface area contributed by atoms with Crippen molar-refractivity contribution in [1.82, 2.24) is 29.5 Å². The van der Waals surface area contributed by atoms with Gasteiger partial charge in [0.1, 0.15) is 23.1 Å². The molecular weight excluding hydrogens is 474 g/mol. The third-order valence-electron chi connectivity index (χ3n) is 7.60. The summed E-state index contributed by atoms with van der Waals surface area (Å²) in [7, 11) is 5.21. The molecule has 4 aromatic rings. The molecule has 2 fully saturated rings. The van der Waals surface area contributed by atoms with Gasteiger partial charge in [0.05, 0.1) is 36.7 Å². The molecule has 2 aliphatic rings. The third-order valence-corrected chi connectivity index (χ3v) is 7.60. The first-order chi connectivity index (χ1) is 18.1. The smallest absolute Gasteiger partial charge is 0.257 e. The number of hydrogen-bond donors (Lipinski definition) is 2. The minimum Gasteiger partial charge on any atom is -0.379 e. The number of carbonyl (C=O) groups is 1. The second-order valence-electron chi connectivity index (χ2n) is 9.53. The molecule has 5 heterocycles. The number of nitrogens with one attached hydrogen (secondary N) is 2. The largest absolute Gasteiger partial charge is 0.379 e. The van der Waals surface area contributed by atoms with Crippen LogP contribution >= 0.6 is 0 Å². The Hall–Kier alpha value is -3.54. The van der Waals surface area contributed by atoms with Crippen molar-refractivity contribution in [3.8, 4) is 11.3 Å². The second-order valence-corrected chi connectivity index (χ2v) is 9.53. The predicted molar refractivity (Wildman–Crippen MR) is 138 cm³/mol. The average Bonchev–Trinajstić information content (AvgIpc) is 3.53. The minimum atomic E-state index is -0.206. The van der Waals surface area contributed by atoms with Gasteiger partial charge in [-0.1, -0.05) is 0 Å². The van der Waals surface area contributed by atoms with E-state index in [2.05, 4.69) is 26.5 Å². The van der Waals surface area contributed by atoms with Crippen molar-refractivity contribution in [2.75, 3.05) is 39.8 Å². The predicted octanol–water partition coefficient (Wildman–Crippen LogP) is 2.67. The summed E-state index contributed by atoms with van der Waals surface area (Å²) in [4.78, 5) is 22.9. The highest BCUT2D eigenvalue weighted by molar-refractivity contribution is 6.01. The lowest BCUT2D eigenvalue weighted by molar-refractivity contribution is -0.0592. The maximum atomic E-state index is 13.2. The van der Waals surface area contributed by atoms with Gasteiger partial charge in [0, 0.05) is 57.3 Å². The van der Waals surface area contributed by atoms with E-state index >= 15 is 0 Å². The third kappa shape index (κ3) is 4.03. The zero-order chi connectivity index (χ0) is 25.5. The van der Waals surface area contributed by atoms with E-state index in [4.69, 9.17) is 24.2 Å². The van der Waals surface area contributed by atoms with E-state index in [0.717, 1.165) is 47.4 Å². The van der Waals surface area contributed by atoms with Gasteiger partial charge in [-0.25, -0.2) is 9.97 Å².